The second kappa shape index (κ2) is 9.31. The van der Waals surface area contributed by atoms with Crippen LogP contribution >= 0.6 is 15.9 Å². The van der Waals surface area contributed by atoms with E-state index in [1.54, 1.807) is 6.33 Å². The summed E-state index contributed by atoms with van der Waals surface area (Å²) in [6, 6.07) is 8.12. The minimum absolute atomic E-state index is 0.0568. The molecule has 0 radical (unpaired) electrons. The first-order valence-electron chi connectivity index (χ1n) is 10.6. The Morgan fingerprint density at radius 3 is 2.80 bits per heavy atom. The van der Waals surface area contributed by atoms with E-state index in [0.29, 0.717) is 38.6 Å². The number of hydrogen-bond donors (Lipinski definition) is 1. The summed E-state index contributed by atoms with van der Waals surface area (Å²) in [5, 5.41) is 0. The summed E-state index contributed by atoms with van der Waals surface area (Å²) in [5.41, 5.74) is 9.38. The van der Waals surface area contributed by atoms with Crippen LogP contribution in [0.4, 0.5) is 10.6 Å². The van der Waals surface area contributed by atoms with Gasteiger partial charge in [0.2, 0.25) is 0 Å². The number of hydrogen-bond acceptors (Lipinski definition) is 5. The second-order valence-corrected chi connectivity index (χ2v) is 9.01. The minimum atomic E-state index is 0.0568. The molecule has 2 heterocycles. The molecule has 0 bridgehead atoms. The molecule has 160 valence electrons. The first-order chi connectivity index (χ1) is 14.6. The zero-order valence-corrected chi connectivity index (χ0v) is 19.0. The molecule has 1 aromatic carbocycles. The van der Waals surface area contributed by atoms with Crippen LogP contribution < -0.4 is 10.6 Å². The summed E-state index contributed by atoms with van der Waals surface area (Å²) in [4.78, 5) is 28.4. The summed E-state index contributed by atoms with van der Waals surface area (Å²) in [7, 11) is 0. The van der Waals surface area contributed by atoms with Gasteiger partial charge in [-0.25, -0.2) is 14.8 Å². The number of halogens is 1. The van der Waals surface area contributed by atoms with Gasteiger partial charge in [0, 0.05) is 61.5 Å². The number of nitrogens with two attached hydrogens (primary N) is 1. The second-order valence-electron chi connectivity index (χ2n) is 8.09. The molecule has 0 saturated carbocycles. The summed E-state index contributed by atoms with van der Waals surface area (Å²) in [6.45, 7) is 6.76. The van der Waals surface area contributed by atoms with E-state index in [1.165, 1.54) is 11.3 Å². The third kappa shape index (κ3) is 4.44. The van der Waals surface area contributed by atoms with Gasteiger partial charge in [-0.2, -0.15) is 0 Å². The Labute approximate surface area is 186 Å². The first kappa shape index (κ1) is 21.1. The monoisotopic (exact) mass is 472 g/mol. The molecule has 4 rings (SSSR count). The Morgan fingerprint density at radius 1 is 1.27 bits per heavy atom. The van der Waals surface area contributed by atoms with E-state index in [0.717, 1.165) is 41.8 Å². The predicted octanol–water partition coefficient (Wildman–Crippen LogP) is 2.99. The van der Waals surface area contributed by atoms with Crippen LogP contribution in [0.1, 0.15) is 36.1 Å². The SMILES string of the molecule is C[C@@H]1CCc2ncnc(N3CCN(C(=O)N(CCN)Cc4cccc(Br)c4)CC3)c21. The average molecular weight is 473 g/mol. The predicted molar refractivity (Wildman–Crippen MR) is 122 cm³/mol. The molecule has 1 aliphatic carbocycles. The Bertz CT molecular complexity index is 899. The minimum Gasteiger partial charge on any atom is -0.353 e. The summed E-state index contributed by atoms with van der Waals surface area (Å²) in [5.74, 6) is 1.56. The highest BCUT2D eigenvalue weighted by molar-refractivity contribution is 9.10. The van der Waals surface area contributed by atoms with Crippen LogP contribution in [-0.4, -0.2) is 65.1 Å². The van der Waals surface area contributed by atoms with Crippen molar-refractivity contribution in [1.82, 2.24) is 19.8 Å². The van der Waals surface area contributed by atoms with Crippen LogP contribution in [0, 0.1) is 0 Å². The Balaban J connectivity index is 1.41. The number of carbonyl (C=O) groups excluding carboxylic acids is 1. The van der Waals surface area contributed by atoms with Crippen LogP contribution in [0.2, 0.25) is 0 Å². The van der Waals surface area contributed by atoms with Crippen molar-refractivity contribution < 1.29 is 4.79 Å². The number of urea groups is 1. The van der Waals surface area contributed by atoms with E-state index < -0.39 is 0 Å². The molecule has 0 spiro atoms. The van der Waals surface area contributed by atoms with Crippen molar-refractivity contribution in [3.63, 3.8) is 0 Å². The maximum Gasteiger partial charge on any atom is 0.320 e. The first-order valence-corrected chi connectivity index (χ1v) is 11.4. The van der Waals surface area contributed by atoms with Crippen LogP contribution in [0.15, 0.2) is 35.1 Å². The maximum absolute atomic E-state index is 13.2. The lowest BCUT2D eigenvalue weighted by atomic mass is 10.1. The molecule has 2 aromatic rings. The molecule has 2 aliphatic rings. The number of rotatable bonds is 5. The fraction of sp³-hybridized carbons (Fsp3) is 0.500. The number of aromatic nitrogens is 2. The zero-order chi connectivity index (χ0) is 21.1. The number of fused-ring (bicyclic) bond motifs is 1. The van der Waals surface area contributed by atoms with Crippen molar-refractivity contribution in [2.24, 2.45) is 5.73 Å². The summed E-state index contributed by atoms with van der Waals surface area (Å²) in [6.07, 6.45) is 3.86. The number of nitrogens with zero attached hydrogens (tertiary/aromatic N) is 5. The number of anilines is 1. The molecule has 8 heteroatoms. The lowest BCUT2D eigenvalue weighted by molar-refractivity contribution is 0.148. The van der Waals surface area contributed by atoms with Crippen molar-refractivity contribution in [3.05, 3.63) is 51.9 Å². The lowest BCUT2D eigenvalue weighted by Gasteiger charge is -2.38. The van der Waals surface area contributed by atoms with Gasteiger partial charge < -0.3 is 20.4 Å². The third-order valence-corrected chi connectivity index (χ3v) is 6.53. The van der Waals surface area contributed by atoms with Gasteiger partial charge in [0.15, 0.2) is 0 Å². The lowest BCUT2D eigenvalue weighted by Crippen LogP contribution is -2.53. The van der Waals surface area contributed by atoms with Gasteiger partial charge in [0.05, 0.1) is 0 Å². The standard InChI is InChI=1S/C22H29BrN6O/c1-16-5-6-19-20(16)21(26-15-25-19)27-9-11-28(12-10-27)22(30)29(8-7-24)14-17-3-2-4-18(23)13-17/h2-4,13,15-16H,5-12,14,24H2,1H3/t16-/m1/s1. The van der Waals surface area contributed by atoms with Gasteiger partial charge in [-0.05, 0) is 36.5 Å². The van der Waals surface area contributed by atoms with Crippen molar-refractivity contribution >= 4 is 27.8 Å². The summed E-state index contributed by atoms with van der Waals surface area (Å²) >= 11 is 3.50. The van der Waals surface area contributed by atoms with Gasteiger partial charge in [0.25, 0.3) is 0 Å². The molecule has 7 nitrogen and oxygen atoms in total. The molecule has 1 saturated heterocycles. The van der Waals surface area contributed by atoms with Crippen molar-refractivity contribution in [1.29, 1.82) is 0 Å². The fourth-order valence-electron chi connectivity index (χ4n) is 4.44. The average Bonchev–Trinajstić information content (AvgIpc) is 3.14. The highest BCUT2D eigenvalue weighted by Gasteiger charge is 2.30. The molecule has 0 unspecified atom stereocenters. The smallest absolute Gasteiger partial charge is 0.320 e. The van der Waals surface area contributed by atoms with E-state index in [1.807, 2.05) is 34.1 Å². The van der Waals surface area contributed by atoms with Gasteiger partial charge in [-0.1, -0.05) is 35.0 Å². The molecular formula is C22H29BrN6O. The molecule has 1 aromatic heterocycles. The molecular weight excluding hydrogens is 444 g/mol. The molecule has 1 fully saturated rings. The highest BCUT2D eigenvalue weighted by Crippen LogP contribution is 2.37. The number of piperazine rings is 1. The van der Waals surface area contributed by atoms with Gasteiger partial charge in [-0.15, -0.1) is 0 Å². The highest BCUT2D eigenvalue weighted by atomic mass is 79.9. The number of aryl methyl sites for hydroxylation is 1. The number of amides is 2. The topological polar surface area (TPSA) is 78.6 Å². The third-order valence-electron chi connectivity index (χ3n) is 6.03. The maximum atomic E-state index is 13.2. The largest absolute Gasteiger partial charge is 0.353 e. The fourth-order valence-corrected chi connectivity index (χ4v) is 4.89. The van der Waals surface area contributed by atoms with Gasteiger partial charge in [0.1, 0.15) is 12.1 Å². The van der Waals surface area contributed by atoms with Crippen molar-refractivity contribution in [2.45, 2.75) is 32.2 Å². The Kier molecular flexibility index (Phi) is 6.53. The van der Waals surface area contributed by atoms with E-state index in [-0.39, 0.29) is 6.03 Å². The normalized spacial score (nSPS) is 18.4. The van der Waals surface area contributed by atoms with Crippen LogP contribution in [0.25, 0.3) is 0 Å². The van der Waals surface area contributed by atoms with Crippen LogP contribution in [-0.2, 0) is 13.0 Å². The van der Waals surface area contributed by atoms with Crippen molar-refractivity contribution in [2.75, 3.05) is 44.2 Å². The molecule has 1 aliphatic heterocycles. The Hall–Kier alpha value is -2.19. The zero-order valence-electron chi connectivity index (χ0n) is 17.4. The van der Waals surface area contributed by atoms with E-state index in [4.69, 9.17) is 5.73 Å². The molecule has 2 N–H and O–H groups in total. The van der Waals surface area contributed by atoms with E-state index in [9.17, 15) is 4.79 Å². The molecule has 2 amide bonds. The molecule has 30 heavy (non-hydrogen) atoms. The number of carbonyl (C=O) groups is 1. The number of benzene rings is 1. The van der Waals surface area contributed by atoms with Gasteiger partial charge >= 0.3 is 6.03 Å². The van der Waals surface area contributed by atoms with Crippen LogP contribution in [0.3, 0.4) is 0 Å². The molecule has 1 atom stereocenters. The quantitative estimate of drug-likeness (QED) is 0.723. The summed E-state index contributed by atoms with van der Waals surface area (Å²) < 4.78 is 1.01. The Morgan fingerprint density at radius 2 is 2.07 bits per heavy atom. The van der Waals surface area contributed by atoms with E-state index in [2.05, 4.69) is 37.7 Å². The van der Waals surface area contributed by atoms with Crippen molar-refractivity contribution in [3.8, 4) is 0 Å². The van der Waals surface area contributed by atoms with E-state index >= 15 is 0 Å². The van der Waals surface area contributed by atoms with Gasteiger partial charge in [-0.3, -0.25) is 0 Å². The van der Waals surface area contributed by atoms with Crippen LogP contribution in [0.5, 0.6) is 0 Å².